The van der Waals surface area contributed by atoms with Crippen molar-refractivity contribution in [2.75, 3.05) is 31.6 Å². The van der Waals surface area contributed by atoms with Crippen LogP contribution in [0.4, 0.5) is 5.69 Å². The number of anilines is 1. The SMILES string of the molecule is O=C1Nc2cc(S(=O)(=O)NC3CCCCC3)ccc2SC1C(=O)N1CCOCC1. The third-order valence-electron chi connectivity index (χ3n) is 5.48. The van der Waals surface area contributed by atoms with Gasteiger partial charge in [0.2, 0.25) is 21.8 Å². The Hall–Kier alpha value is -1.62. The molecule has 1 aromatic carbocycles. The molecular weight excluding hydrogens is 414 g/mol. The van der Waals surface area contributed by atoms with E-state index in [4.69, 9.17) is 4.74 Å². The van der Waals surface area contributed by atoms with Gasteiger partial charge in [0.15, 0.2) is 5.25 Å². The average molecular weight is 440 g/mol. The molecule has 0 bridgehead atoms. The van der Waals surface area contributed by atoms with Crippen LogP contribution in [0.3, 0.4) is 0 Å². The maximum absolute atomic E-state index is 12.7. The Labute approximate surface area is 174 Å². The molecule has 1 aliphatic carbocycles. The summed E-state index contributed by atoms with van der Waals surface area (Å²) < 4.78 is 33.5. The maximum atomic E-state index is 12.7. The van der Waals surface area contributed by atoms with Gasteiger partial charge in [0, 0.05) is 24.0 Å². The summed E-state index contributed by atoms with van der Waals surface area (Å²) in [6.45, 7) is 1.88. The molecule has 0 radical (unpaired) electrons. The highest BCUT2D eigenvalue weighted by molar-refractivity contribution is 8.01. The van der Waals surface area contributed by atoms with Crippen molar-refractivity contribution in [1.29, 1.82) is 0 Å². The van der Waals surface area contributed by atoms with Crippen molar-refractivity contribution < 1.29 is 22.7 Å². The van der Waals surface area contributed by atoms with Crippen LogP contribution in [0.1, 0.15) is 32.1 Å². The van der Waals surface area contributed by atoms with Crippen LogP contribution in [0.15, 0.2) is 28.0 Å². The van der Waals surface area contributed by atoms with Crippen LogP contribution < -0.4 is 10.0 Å². The largest absolute Gasteiger partial charge is 0.378 e. The van der Waals surface area contributed by atoms with Gasteiger partial charge in [0.1, 0.15) is 0 Å². The lowest BCUT2D eigenvalue weighted by atomic mass is 9.96. The van der Waals surface area contributed by atoms with Crippen LogP contribution in [-0.2, 0) is 24.3 Å². The van der Waals surface area contributed by atoms with E-state index in [-0.39, 0.29) is 16.8 Å². The smallest absolute Gasteiger partial charge is 0.247 e. The highest BCUT2D eigenvalue weighted by Crippen LogP contribution is 2.38. The van der Waals surface area contributed by atoms with Crippen molar-refractivity contribution in [2.45, 2.75) is 53.2 Å². The van der Waals surface area contributed by atoms with E-state index in [1.807, 2.05) is 0 Å². The topological polar surface area (TPSA) is 105 Å². The zero-order valence-corrected chi connectivity index (χ0v) is 17.7. The number of hydrogen-bond acceptors (Lipinski definition) is 6. The van der Waals surface area contributed by atoms with Crippen molar-refractivity contribution in [3.63, 3.8) is 0 Å². The number of carbonyl (C=O) groups is 2. The highest BCUT2D eigenvalue weighted by atomic mass is 32.2. The van der Waals surface area contributed by atoms with E-state index in [0.717, 1.165) is 43.9 Å². The van der Waals surface area contributed by atoms with Crippen LogP contribution in [0.25, 0.3) is 0 Å². The Kier molecular flexibility index (Phi) is 6.14. The lowest BCUT2D eigenvalue weighted by Gasteiger charge is -2.31. The summed E-state index contributed by atoms with van der Waals surface area (Å²) >= 11 is 1.16. The number of sulfonamides is 1. The van der Waals surface area contributed by atoms with Gasteiger partial charge in [0.05, 0.1) is 23.8 Å². The minimum absolute atomic E-state index is 0.0377. The van der Waals surface area contributed by atoms with Gasteiger partial charge in [0.25, 0.3) is 0 Å². The molecule has 1 unspecified atom stereocenters. The maximum Gasteiger partial charge on any atom is 0.247 e. The van der Waals surface area contributed by atoms with Gasteiger partial charge < -0.3 is 15.0 Å². The summed E-state index contributed by atoms with van der Waals surface area (Å²) in [6, 6.07) is 4.63. The number of amides is 2. The summed E-state index contributed by atoms with van der Waals surface area (Å²) in [5, 5.41) is 1.84. The molecule has 8 nitrogen and oxygen atoms in total. The third kappa shape index (κ3) is 4.60. The lowest BCUT2D eigenvalue weighted by Crippen LogP contribution is -2.49. The first-order valence-corrected chi connectivity index (χ1v) is 12.3. The van der Waals surface area contributed by atoms with Crippen LogP contribution in [0.5, 0.6) is 0 Å². The van der Waals surface area contributed by atoms with Crippen LogP contribution >= 0.6 is 11.8 Å². The Bertz CT molecular complexity index is 893. The second-order valence-electron chi connectivity index (χ2n) is 7.54. The molecule has 29 heavy (non-hydrogen) atoms. The fraction of sp³-hybridized carbons (Fsp3) is 0.579. The molecule has 2 N–H and O–H groups in total. The zero-order valence-electron chi connectivity index (χ0n) is 16.1. The molecule has 1 saturated carbocycles. The number of carbonyl (C=O) groups excluding carboxylic acids is 2. The van der Waals surface area contributed by atoms with Gasteiger partial charge in [-0.3, -0.25) is 9.59 Å². The fourth-order valence-corrected chi connectivity index (χ4v) is 6.26. The zero-order chi connectivity index (χ0) is 20.4. The first kappa shape index (κ1) is 20.6. The average Bonchev–Trinajstić information content (AvgIpc) is 2.73. The molecule has 2 amide bonds. The Morgan fingerprint density at radius 3 is 2.62 bits per heavy atom. The number of nitrogens with zero attached hydrogens (tertiary/aromatic N) is 1. The molecular formula is C19H25N3O5S2. The van der Waals surface area contributed by atoms with E-state index in [1.54, 1.807) is 11.0 Å². The molecule has 0 aromatic heterocycles. The van der Waals surface area contributed by atoms with Gasteiger partial charge in [-0.05, 0) is 31.0 Å². The number of rotatable bonds is 4. The summed E-state index contributed by atoms with van der Waals surface area (Å²) in [5.41, 5.74) is 0.428. The first-order valence-electron chi connectivity index (χ1n) is 9.94. The predicted molar refractivity (Wildman–Crippen MR) is 109 cm³/mol. The molecule has 10 heteroatoms. The molecule has 2 aliphatic heterocycles. The van der Waals surface area contributed by atoms with E-state index in [2.05, 4.69) is 10.0 Å². The van der Waals surface area contributed by atoms with Gasteiger partial charge in [-0.15, -0.1) is 11.8 Å². The minimum Gasteiger partial charge on any atom is -0.378 e. The molecule has 1 saturated heterocycles. The molecule has 2 heterocycles. The quantitative estimate of drug-likeness (QED) is 0.690. The molecule has 3 aliphatic rings. The second-order valence-corrected chi connectivity index (χ2v) is 10.4. The lowest BCUT2D eigenvalue weighted by molar-refractivity contribution is -0.137. The molecule has 2 fully saturated rings. The summed E-state index contributed by atoms with van der Waals surface area (Å²) in [4.78, 5) is 27.7. The molecule has 1 atom stereocenters. The Morgan fingerprint density at radius 1 is 1.17 bits per heavy atom. The summed E-state index contributed by atoms with van der Waals surface area (Å²) in [6.07, 6.45) is 4.90. The Balaban J connectivity index is 1.49. The number of ether oxygens (including phenoxy) is 1. The van der Waals surface area contributed by atoms with E-state index < -0.39 is 21.2 Å². The van der Waals surface area contributed by atoms with E-state index in [1.165, 1.54) is 12.1 Å². The van der Waals surface area contributed by atoms with E-state index in [0.29, 0.717) is 36.9 Å². The van der Waals surface area contributed by atoms with E-state index in [9.17, 15) is 18.0 Å². The predicted octanol–water partition coefficient (Wildman–Crippen LogP) is 1.57. The number of thioether (sulfide) groups is 1. The van der Waals surface area contributed by atoms with Crippen molar-refractivity contribution in [3.05, 3.63) is 18.2 Å². The number of morpholine rings is 1. The van der Waals surface area contributed by atoms with E-state index >= 15 is 0 Å². The van der Waals surface area contributed by atoms with Gasteiger partial charge >= 0.3 is 0 Å². The van der Waals surface area contributed by atoms with Gasteiger partial charge in [-0.25, -0.2) is 13.1 Å². The molecule has 158 valence electrons. The standard InChI is InChI=1S/C19H25N3O5S2/c23-18-17(19(24)22-8-10-27-11-9-22)28-16-7-6-14(12-15(16)20-18)29(25,26)21-13-4-2-1-3-5-13/h6-7,12-13,17,21H,1-5,8-11H2,(H,20,23). The second kappa shape index (κ2) is 8.63. The molecule has 0 spiro atoms. The van der Waals surface area contributed by atoms with Crippen molar-refractivity contribution in [3.8, 4) is 0 Å². The third-order valence-corrected chi connectivity index (χ3v) is 8.26. The summed E-state index contributed by atoms with van der Waals surface area (Å²) in [7, 11) is -3.66. The Morgan fingerprint density at radius 2 is 1.90 bits per heavy atom. The van der Waals surface area contributed by atoms with Crippen LogP contribution in [0.2, 0.25) is 0 Å². The molecule has 1 aromatic rings. The number of hydrogen-bond donors (Lipinski definition) is 2. The minimum atomic E-state index is -3.66. The van der Waals surface area contributed by atoms with Crippen molar-refractivity contribution >= 4 is 39.3 Å². The number of benzene rings is 1. The highest BCUT2D eigenvalue weighted by Gasteiger charge is 2.37. The molecule has 4 rings (SSSR count). The van der Waals surface area contributed by atoms with Crippen LogP contribution in [-0.4, -0.2) is 62.7 Å². The fourth-order valence-electron chi connectivity index (χ4n) is 3.88. The van der Waals surface area contributed by atoms with Gasteiger partial charge in [-0.1, -0.05) is 19.3 Å². The van der Waals surface area contributed by atoms with Crippen molar-refractivity contribution in [2.24, 2.45) is 0 Å². The monoisotopic (exact) mass is 439 g/mol. The summed E-state index contributed by atoms with van der Waals surface area (Å²) in [5.74, 6) is -0.661. The van der Waals surface area contributed by atoms with Gasteiger partial charge in [-0.2, -0.15) is 0 Å². The van der Waals surface area contributed by atoms with Crippen molar-refractivity contribution in [1.82, 2.24) is 9.62 Å². The van der Waals surface area contributed by atoms with Crippen LogP contribution in [0, 0.1) is 0 Å². The number of nitrogens with one attached hydrogen (secondary N) is 2. The number of fused-ring (bicyclic) bond motifs is 1. The normalized spacial score (nSPS) is 23.4. The first-order chi connectivity index (χ1) is 13.9.